The van der Waals surface area contributed by atoms with E-state index >= 15 is 0 Å². The molecule has 0 fully saturated rings. The summed E-state index contributed by atoms with van der Waals surface area (Å²) in [5.74, 6) is -1.00. The standard InChI is InChI=1S/C47H55N5O7S/c1-29-30(2)41(31(3)36-23-24-47(7,8)58-40(29)36)60(56,57)51-45(48)49-25-13-20-39(44(55)59-46(4,5)6)50-42(53)38-19-14-26-52(43(38)54)28-35-17-11-12-18-37(35)34-22-21-32-15-9-10-16-33(32)27-34/h9-12,14-19,21-22,26-27,39H,13,20,23-25,28H2,1-8H3,(H,50,53)(H3,48,49,51)/t39-/m0/s1. The first-order valence-electron chi connectivity index (χ1n) is 20.2. The third-order valence-electron chi connectivity index (χ3n) is 10.8. The number of rotatable bonds is 12. The van der Waals surface area contributed by atoms with Crippen LogP contribution in [0.15, 0.2) is 99.7 Å². The van der Waals surface area contributed by atoms with Gasteiger partial charge in [0.15, 0.2) is 0 Å². The van der Waals surface area contributed by atoms with Gasteiger partial charge in [0.05, 0.1) is 11.4 Å². The fourth-order valence-electron chi connectivity index (χ4n) is 7.64. The number of carbonyl (C=O) groups is 2. The van der Waals surface area contributed by atoms with Gasteiger partial charge >= 0.3 is 5.97 Å². The SMILES string of the molecule is Cc1c(C)c(S(=O)(=O)NC(N)=NCCC[C@H](NC(=O)c2cccn(Cc3ccccc3-c3ccc4ccccc4c3)c2=O)C(=O)OC(C)(C)C)c(C)c2c1OC(C)(C)CC2. The van der Waals surface area contributed by atoms with E-state index in [1.165, 1.54) is 10.6 Å². The highest BCUT2D eigenvalue weighted by Gasteiger charge is 2.34. The molecule has 1 atom stereocenters. The monoisotopic (exact) mass is 833 g/mol. The van der Waals surface area contributed by atoms with Crippen molar-refractivity contribution in [1.29, 1.82) is 0 Å². The zero-order chi connectivity index (χ0) is 43.6. The molecule has 1 amide bonds. The second-order valence-electron chi connectivity index (χ2n) is 17.0. The van der Waals surface area contributed by atoms with E-state index in [0.29, 0.717) is 17.5 Å². The van der Waals surface area contributed by atoms with Gasteiger partial charge in [-0.2, -0.15) is 0 Å². The number of nitrogens with zero attached hydrogens (tertiary/aromatic N) is 2. The summed E-state index contributed by atoms with van der Waals surface area (Å²) >= 11 is 0. The number of hydrogen-bond acceptors (Lipinski definition) is 8. The predicted molar refractivity (Wildman–Crippen MR) is 236 cm³/mol. The van der Waals surface area contributed by atoms with Gasteiger partial charge in [-0.1, -0.05) is 60.7 Å². The molecule has 6 rings (SSSR count). The molecule has 1 aliphatic heterocycles. The van der Waals surface area contributed by atoms with Crippen molar-refractivity contribution in [2.24, 2.45) is 10.7 Å². The molecule has 2 heterocycles. The zero-order valence-electron chi connectivity index (χ0n) is 35.6. The molecular formula is C47H55N5O7S. The first-order valence-corrected chi connectivity index (χ1v) is 21.7. The number of fused-ring (bicyclic) bond motifs is 2. The number of ether oxygens (including phenoxy) is 2. The molecule has 316 valence electrons. The van der Waals surface area contributed by atoms with E-state index in [0.717, 1.165) is 50.8 Å². The lowest BCUT2D eigenvalue weighted by atomic mass is 9.88. The number of sulfonamides is 1. The largest absolute Gasteiger partial charge is 0.487 e. The Bertz CT molecular complexity index is 2660. The molecule has 0 radical (unpaired) electrons. The summed E-state index contributed by atoms with van der Waals surface area (Å²) in [4.78, 5) is 45.3. The maximum absolute atomic E-state index is 13.8. The number of amides is 1. The van der Waals surface area contributed by atoms with Crippen molar-refractivity contribution < 1.29 is 27.5 Å². The molecule has 4 aromatic carbocycles. The number of benzene rings is 4. The van der Waals surface area contributed by atoms with Crippen molar-refractivity contribution >= 4 is 38.6 Å². The fourth-order valence-corrected chi connectivity index (χ4v) is 9.16. The van der Waals surface area contributed by atoms with Crippen LogP contribution in [0.3, 0.4) is 0 Å². The number of pyridine rings is 1. The van der Waals surface area contributed by atoms with Crippen LogP contribution in [0.25, 0.3) is 21.9 Å². The van der Waals surface area contributed by atoms with Gasteiger partial charge < -0.3 is 25.1 Å². The third-order valence-corrected chi connectivity index (χ3v) is 12.4. The molecule has 4 N–H and O–H groups in total. The Labute approximate surface area is 352 Å². The summed E-state index contributed by atoms with van der Waals surface area (Å²) in [6.07, 6.45) is 3.35. The lowest BCUT2D eigenvalue weighted by molar-refractivity contribution is -0.157. The van der Waals surface area contributed by atoms with E-state index in [2.05, 4.69) is 45.4 Å². The average molecular weight is 834 g/mol. The summed E-state index contributed by atoms with van der Waals surface area (Å²) in [6, 6.07) is 24.1. The van der Waals surface area contributed by atoms with Crippen LogP contribution < -0.4 is 26.1 Å². The van der Waals surface area contributed by atoms with Gasteiger partial charge in [-0.15, -0.1) is 0 Å². The smallest absolute Gasteiger partial charge is 0.329 e. The van der Waals surface area contributed by atoms with Crippen LogP contribution in [0.5, 0.6) is 5.75 Å². The number of esters is 1. The number of carbonyl (C=O) groups excluding carboxylic acids is 2. The Hall–Kier alpha value is -5.95. The minimum Gasteiger partial charge on any atom is -0.487 e. The molecule has 12 nitrogen and oxygen atoms in total. The molecule has 60 heavy (non-hydrogen) atoms. The Morgan fingerprint density at radius 3 is 2.38 bits per heavy atom. The van der Waals surface area contributed by atoms with Gasteiger partial charge in [0.2, 0.25) is 5.96 Å². The maximum Gasteiger partial charge on any atom is 0.329 e. The van der Waals surface area contributed by atoms with Crippen molar-refractivity contribution in [3.05, 3.63) is 129 Å². The van der Waals surface area contributed by atoms with Gasteiger partial charge in [0, 0.05) is 12.7 Å². The van der Waals surface area contributed by atoms with Crippen molar-refractivity contribution in [2.45, 2.75) is 110 Å². The van der Waals surface area contributed by atoms with E-state index in [1.54, 1.807) is 46.9 Å². The van der Waals surface area contributed by atoms with Gasteiger partial charge in [-0.3, -0.25) is 14.6 Å². The number of guanidine groups is 1. The van der Waals surface area contributed by atoms with E-state index in [-0.39, 0.29) is 48.0 Å². The molecule has 0 aliphatic carbocycles. The molecule has 13 heteroatoms. The van der Waals surface area contributed by atoms with E-state index < -0.39 is 39.1 Å². The van der Waals surface area contributed by atoms with Gasteiger partial charge in [-0.05, 0) is 149 Å². The highest BCUT2D eigenvalue weighted by molar-refractivity contribution is 7.90. The van der Waals surface area contributed by atoms with Crippen LogP contribution >= 0.6 is 0 Å². The predicted octanol–water partition coefficient (Wildman–Crippen LogP) is 7.26. The molecule has 0 unspecified atom stereocenters. The second-order valence-corrected chi connectivity index (χ2v) is 18.6. The van der Waals surface area contributed by atoms with Crippen molar-refractivity contribution in [3.8, 4) is 16.9 Å². The summed E-state index contributed by atoms with van der Waals surface area (Å²) in [7, 11) is -4.12. The highest BCUT2D eigenvalue weighted by Crippen LogP contribution is 2.42. The van der Waals surface area contributed by atoms with Crippen molar-refractivity contribution in [3.63, 3.8) is 0 Å². The lowest BCUT2D eigenvalue weighted by Crippen LogP contribution is -2.46. The van der Waals surface area contributed by atoms with Gasteiger partial charge in [-0.25, -0.2) is 17.9 Å². The van der Waals surface area contributed by atoms with Crippen LogP contribution in [0.4, 0.5) is 0 Å². The molecule has 0 saturated heterocycles. The second kappa shape index (κ2) is 17.3. The summed E-state index contributed by atoms with van der Waals surface area (Å²) in [5, 5.41) is 4.93. The molecule has 5 aromatic rings. The first-order chi connectivity index (χ1) is 28.2. The van der Waals surface area contributed by atoms with E-state index in [1.807, 2.05) is 57.2 Å². The molecule has 1 aromatic heterocycles. The zero-order valence-corrected chi connectivity index (χ0v) is 36.5. The summed E-state index contributed by atoms with van der Waals surface area (Å²) < 4.78 is 43.2. The number of aliphatic imine (C=N–C) groups is 1. The molecular weight excluding hydrogens is 779 g/mol. The van der Waals surface area contributed by atoms with Gasteiger partial charge in [0.1, 0.15) is 28.6 Å². The number of aromatic nitrogens is 1. The maximum atomic E-state index is 13.8. The lowest BCUT2D eigenvalue weighted by Gasteiger charge is -2.35. The van der Waals surface area contributed by atoms with Crippen LogP contribution in [0.2, 0.25) is 0 Å². The number of nitrogens with two attached hydrogens (primary N) is 1. The molecule has 1 aliphatic rings. The van der Waals surface area contributed by atoms with Crippen LogP contribution in [-0.4, -0.2) is 54.6 Å². The Balaban J connectivity index is 1.15. The van der Waals surface area contributed by atoms with Crippen LogP contribution in [0, 0.1) is 20.8 Å². The topological polar surface area (TPSA) is 171 Å². The Morgan fingerprint density at radius 1 is 0.950 bits per heavy atom. The third kappa shape index (κ3) is 9.90. The number of nitrogens with one attached hydrogen (secondary N) is 2. The Morgan fingerprint density at radius 2 is 1.65 bits per heavy atom. The van der Waals surface area contributed by atoms with Crippen LogP contribution in [0.1, 0.15) is 92.1 Å². The number of hydrogen-bond donors (Lipinski definition) is 3. The molecule has 0 bridgehead atoms. The van der Waals surface area contributed by atoms with Gasteiger partial charge in [0.25, 0.3) is 21.5 Å². The summed E-state index contributed by atoms with van der Waals surface area (Å²) in [5.41, 5.74) is 9.90. The molecule has 0 saturated carbocycles. The van der Waals surface area contributed by atoms with E-state index in [4.69, 9.17) is 15.2 Å². The normalized spacial score (nSPS) is 14.5. The minimum absolute atomic E-state index is 0.0301. The van der Waals surface area contributed by atoms with E-state index in [9.17, 15) is 22.8 Å². The van der Waals surface area contributed by atoms with Crippen molar-refractivity contribution in [1.82, 2.24) is 14.6 Å². The van der Waals surface area contributed by atoms with Crippen LogP contribution in [-0.2, 0) is 32.5 Å². The average Bonchev–Trinajstić information content (AvgIpc) is 3.17. The fraction of sp³-hybridized carbons (Fsp3) is 0.362. The molecule has 0 spiro atoms. The first kappa shape index (κ1) is 43.6. The minimum atomic E-state index is -4.12. The van der Waals surface area contributed by atoms with Crippen molar-refractivity contribution in [2.75, 3.05) is 6.54 Å². The summed E-state index contributed by atoms with van der Waals surface area (Å²) in [6.45, 7) is 14.8. The Kier molecular flexibility index (Phi) is 12.6. The quantitative estimate of drug-likeness (QED) is 0.0511. The highest BCUT2D eigenvalue weighted by atomic mass is 32.2.